The second kappa shape index (κ2) is 1.47. The summed E-state index contributed by atoms with van der Waals surface area (Å²) >= 11 is 0. The minimum absolute atomic E-state index is 0.944. The predicted octanol–water partition coefficient (Wildman–Crippen LogP) is -0.155. The van der Waals surface area contributed by atoms with Crippen LogP contribution in [0.1, 0.15) is 19.3 Å². The lowest BCUT2D eigenvalue weighted by molar-refractivity contribution is -0.872. The third-order valence-electron chi connectivity index (χ3n) is 2.67. The fraction of sp³-hybridized carbons (Fsp3) is 0.857. The molecule has 0 aromatic heterocycles. The molecule has 1 nitrogen and oxygen atoms in total. The molecular formula is C7H13N. The topological polar surface area (TPSA) is 4.44 Å². The molecule has 0 radical (unpaired) electrons. The van der Waals surface area contributed by atoms with Crippen LogP contribution in [0.2, 0.25) is 0 Å². The molecule has 46 valence electrons. The third-order valence-corrected chi connectivity index (χ3v) is 2.67. The predicted molar refractivity (Wildman–Crippen MR) is 32.3 cm³/mol. The highest BCUT2D eigenvalue weighted by Crippen LogP contribution is 2.26. The smallest absolute Gasteiger partial charge is 0.0640 e. The molecular weight excluding hydrogens is 98.1 g/mol. The lowest BCUT2D eigenvalue weighted by Crippen LogP contribution is -3.09. The van der Waals surface area contributed by atoms with Crippen LogP contribution in [0.25, 0.3) is 0 Å². The summed E-state index contributed by atoms with van der Waals surface area (Å²) in [6.45, 7) is 1.35. The maximum atomic E-state index is 4.04. The van der Waals surface area contributed by atoms with Gasteiger partial charge in [-0.3, -0.25) is 0 Å². The molecule has 0 aromatic rings. The van der Waals surface area contributed by atoms with Crippen molar-refractivity contribution in [3.05, 3.63) is 7.05 Å². The van der Waals surface area contributed by atoms with Gasteiger partial charge in [0, 0.05) is 12.3 Å². The van der Waals surface area contributed by atoms with Crippen molar-refractivity contribution in [1.29, 1.82) is 0 Å². The molecule has 0 spiro atoms. The van der Waals surface area contributed by atoms with Crippen LogP contribution in [0.4, 0.5) is 0 Å². The molecule has 1 saturated carbocycles. The average Bonchev–Trinajstić information content (AvgIpc) is 2.23. The molecule has 1 heteroatoms. The number of rotatable bonds is 0. The summed E-state index contributed by atoms with van der Waals surface area (Å²) in [5, 5.41) is 0. The van der Waals surface area contributed by atoms with Crippen LogP contribution in [-0.4, -0.2) is 12.6 Å². The molecule has 1 saturated heterocycles. The van der Waals surface area contributed by atoms with Crippen LogP contribution in [-0.2, 0) is 0 Å². The van der Waals surface area contributed by atoms with Crippen LogP contribution < -0.4 is 4.90 Å². The van der Waals surface area contributed by atoms with E-state index < -0.39 is 0 Å². The van der Waals surface area contributed by atoms with E-state index in [9.17, 15) is 0 Å². The van der Waals surface area contributed by atoms with E-state index in [4.69, 9.17) is 0 Å². The summed E-state index contributed by atoms with van der Waals surface area (Å²) in [6, 6.07) is 0.944. The number of hydrogen-bond acceptors (Lipinski definition) is 0. The Kier molecular flexibility index (Phi) is 0.884. The van der Waals surface area contributed by atoms with Crippen molar-refractivity contribution in [1.82, 2.24) is 0 Å². The standard InChI is InChI=1S/C7H13N/c1-8-5-6-2-3-7(8)4-6/h6-8H,1-5H2/t6-,7+/m0/s1. The van der Waals surface area contributed by atoms with Crippen molar-refractivity contribution < 1.29 is 4.90 Å². The van der Waals surface area contributed by atoms with Gasteiger partial charge in [-0.25, -0.2) is 0 Å². The zero-order chi connectivity index (χ0) is 5.56. The molecule has 1 aliphatic carbocycles. The molecule has 2 bridgehead atoms. The summed E-state index contributed by atoms with van der Waals surface area (Å²) in [4.78, 5) is 1.54. The molecule has 1 unspecified atom stereocenters. The van der Waals surface area contributed by atoms with Crippen molar-refractivity contribution in [2.75, 3.05) is 6.54 Å². The Morgan fingerprint density at radius 3 is 2.50 bits per heavy atom. The van der Waals surface area contributed by atoms with E-state index in [0.717, 1.165) is 12.0 Å². The lowest BCUT2D eigenvalue weighted by atomic mass is 10.1. The van der Waals surface area contributed by atoms with Gasteiger partial charge in [0.15, 0.2) is 0 Å². The van der Waals surface area contributed by atoms with Crippen LogP contribution in [0, 0.1) is 13.0 Å². The Labute approximate surface area is 50.7 Å². The summed E-state index contributed by atoms with van der Waals surface area (Å²) < 4.78 is 0. The number of nitrogens with one attached hydrogen (secondary N) is 1. The Balaban J connectivity index is 2.11. The van der Waals surface area contributed by atoms with Crippen LogP contribution in [0.5, 0.6) is 0 Å². The molecule has 0 amide bonds. The highest BCUT2D eigenvalue weighted by Gasteiger charge is 2.36. The van der Waals surface area contributed by atoms with Crippen molar-refractivity contribution in [2.24, 2.45) is 5.92 Å². The Bertz CT molecular complexity index is 98.6. The first-order valence-electron chi connectivity index (χ1n) is 3.54. The van der Waals surface area contributed by atoms with Gasteiger partial charge in [-0.2, -0.15) is 7.05 Å². The van der Waals surface area contributed by atoms with Gasteiger partial charge in [-0.1, -0.05) is 0 Å². The number of piperidine rings is 1. The first-order chi connectivity index (χ1) is 3.86. The lowest BCUT2D eigenvalue weighted by Gasteiger charge is -2.25. The van der Waals surface area contributed by atoms with Crippen LogP contribution in [0.3, 0.4) is 0 Å². The van der Waals surface area contributed by atoms with E-state index in [2.05, 4.69) is 7.05 Å². The SMILES string of the molecule is [CH2-][NH+]1C[C@H]2CC[C@@H]1C2. The molecule has 1 aliphatic heterocycles. The van der Waals surface area contributed by atoms with Crippen molar-refractivity contribution in [3.63, 3.8) is 0 Å². The molecule has 8 heavy (non-hydrogen) atoms. The highest BCUT2D eigenvalue weighted by atomic mass is 15.2. The van der Waals surface area contributed by atoms with E-state index >= 15 is 0 Å². The van der Waals surface area contributed by atoms with Gasteiger partial charge in [0.1, 0.15) is 0 Å². The fourth-order valence-corrected chi connectivity index (χ4v) is 2.17. The monoisotopic (exact) mass is 111 g/mol. The zero-order valence-corrected chi connectivity index (χ0v) is 5.19. The largest absolute Gasteiger partial charge is 0.465 e. The minimum Gasteiger partial charge on any atom is -0.465 e. The minimum atomic E-state index is 0.944. The number of quaternary nitrogens is 1. The first kappa shape index (κ1) is 4.80. The fourth-order valence-electron chi connectivity index (χ4n) is 2.17. The highest BCUT2D eigenvalue weighted by molar-refractivity contribution is 4.79. The second-order valence-electron chi connectivity index (χ2n) is 3.24. The molecule has 3 atom stereocenters. The van der Waals surface area contributed by atoms with E-state index in [1.807, 2.05) is 0 Å². The van der Waals surface area contributed by atoms with Gasteiger partial charge in [0.05, 0.1) is 12.6 Å². The van der Waals surface area contributed by atoms with Crippen LogP contribution in [0.15, 0.2) is 0 Å². The van der Waals surface area contributed by atoms with Gasteiger partial charge in [-0.15, -0.1) is 0 Å². The maximum Gasteiger partial charge on any atom is 0.0640 e. The van der Waals surface area contributed by atoms with Gasteiger partial charge >= 0.3 is 0 Å². The van der Waals surface area contributed by atoms with Gasteiger partial charge < -0.3 is 4.90 Å². The maximum absolute atomic E-state index is 4.04. The first-order valence-corrected chi connectivity index (χ1v) is 3.54. The number of fused-ring (bicyclic) bond motifs is 2. The number of hydrogen-bond donors (Lipinski definition) is 1. The van der Waals surface area contributed by atoms with Crippen molar-refractivity contribution in [2.45, 2.75) is 25.3 Å². The Morgan fingerprint density at radius 2 is 2.25 bits per heavy atom. The molecule has 2 rings (SSSR count). The van der Waals surface area contributed by atoms with Gasteiger partial charge in [-0.05, 0) is 12.8 Å². The van der Waals surface area contributed by atoms with Gasteiger partial charge in [0.25, 0.3) is 0 Å². The van der Waals surface area contributed by atoms with E-state index in [-0.39, 0.29) is 0 Å². The second-order valence-corrected chi connectivity index (χ2v) is 3.24. The van der Waals surface area contributed by atoms with Crippen molar-refractivity contribution in [3.8, 4) is 0 Å². The van der Waals surface area contributed by atoms with E-state index in [1.165, 1.54) is 25.8 Å². The molecule has 2 fully saturated rings. The summed E-state index contributed by atoms with van der Waals surface area (Å²) in [6.07, 6.45) is 4.41. The quantitative estimate of drug-likeness (QED) is 0.414. The van der Waals surface area contributed by atoms with Crippen LogP contribution >= 0.6 is 0 Å². The number of likely N-dealkylation sites (tertiary alicyclic amines) is 1. The Hall–Kier alpha value is -0.0400. The average molecular weight is 111 g/mol. The van der Waals surface area contributed by atoms with Crippen molar-refractivity contribution >= 4 is 0 Å². The third kappa shape index (κ3) is 0.510. The normalized spacial score (nSPS) is 52.9. The summed E-state index contributed by atoms with van der Waals surface area (Å²) in [5.74, 6) is 1.05. The van der Waals surface area contributed by atoms with E-state index in [1.54, 1.807) is 4.90 Å². The molecule has 0 aromatic carbocycles. The molecule has 1 N–H and O–H groups in total. The summed E-state index contributed by atoms with van der Waals surface area (Å²) in [5.41, 5.74) is 0. The molecule has 2 aliphatic rings. The zero-order valence-electron chi connectivity index (χ0n) is 5.19. The van der Waals surface area contributed by atoms with E-state index in [0.29, 0.717) is 0 Å². The summed E-state index contributed by atoms with van der Waals surface area (Å²) in [7, 11) is 4.04. The molecule has 1 heterocycles. The van der Waals surface area contributed by atoms with Gasteiger partial charge in [0.2, 0.25) is 0 Å². The Morgan fingerprint density at radius 1 is 1.38 bits per heavy atom.